The van der Waals surface area contributed by atoms with Gasteiger partial charge in [-0.1, -0.05) is 18.2 Å². The Labute approximate surface area is 257 Å². The van der Waals surface area contributed by atoms with Gasteiger partial charge in [-0.3, -0.25) is 24.2 Å². The number of guanidine groups is 1. The monoisotopic (exact) mass is 626 g/mol. The van der Waals surface area contributed by atoms with E-state index >= 15 is 0 Å². The number of aromatic nitrogens is 3. The SMILES string of the molecule is NC(N)=NCCCC(NC(=O)C(Cc1cnc[nH]1)NC(=O)C(CCC(=O)O)NC(=O)C(N)Cc1c[nH]c2ccccc12)C(=O)O. The van der Waals surface area contributed by atoms with Crippen LogP contribution in [0.5, 0.6) is 0 Å². The summed E-state index contributed by atoms with van der Waals surface area (Å²) in [5.41, 5.74) is 18.8. The number of imidazole rings is 1. The molecule has 0 aliphatic heterocycles. The Morgan fingerprint density at radius 1 is 0.889 bits per heavy atom. The lowest BCUT2D eigenvalue weighted by atomic mass is 10.0. The van der Waals surface area contributed by atoms with Gasteiger partial charge in [0.05, 0.1) is 12.4 Å². The van der Waals surface area contributed by atoms with Crippen molar-refractivity contribution in [1.29, 1.82) is 0 Å². The molecule has 0 spiro atoms. The smallest absolute Gasteiger partial charge is 0.326 e. The maximum atomic E-state index is 13.4. The van der Waals surface area contributed by atoms with Crippen molar-refractivity contribution in [3.8, 4) is 0 Å². The third-order valence-electron chi connectivity index (χ3n) is 6.90. The highest BCUT2D eigenvalue weighted by Crippen LogP contribution is 2.19. The molecule has 0 saturated heterocycles. The Morgan fingerprint density at radius 2 is 1.58 bits per heavy atom. The molecule has 0 aliphatic carbocycles. The summed E-state index contributed by atoms with van der Waals surface area (Å²) < 4.78 is 0. The van der Waals surface area contributed by atoms with Crippen LogP contribution in [0.15, 0.2) is 48.0 Å². The van der Waals surface area contributed by atoms with E-state index in [2.05, 4.69) is 35.9 Å². The lowest BCUT2D eigenvalue weighted by molar-refractivity contribution is -0.142. The first-order valence-electron chi connectivity index (χ1n) is 14.1. The number of aliphatic carboxylic acids is 2. The van der Waals surface area contributed by atoms with E-state index in [9.17, 15) is 34.2 Å². The fourth-order valence-electron chi connectivity index (χ4n) is 4.58. The largest absolute Gasteiger partial charge is 0.481 e. The van der Waals surface area contributed by atoms with E-state index in [1.54, 1.807) is 6.20 Å². The van der Waals surface area contributed by atoms with Gasteiger partial charge in [0.2, 0.25) is 17.7 Å². The second-order valence-electron chi connectivity index (χ2n) is 10.4. The lowest BCUT2D eigenvalue weighted by Crippen LogP contribution is -2.57. The summed E-state index contributed by atoms with van der Waals surface area (Å²) >= 11 is 0. The van der Waals surface area contributed by atoms with Gasteiger partial charge in [-0.2, -0.15) is 0 Å². The molecule has 17 heteroatoms. The number of aliphatic imine (C=N–C) groups is 1. The van der Waals surface area contributed by atoms with Gasteiger partial charge >= 0.3 is 11.9 Å². The number of hydrogen-bond acceptors (Lipinski definition) is 8. The molecule has 242 valence electrons. The van der Waals surface area contributed by atoms with E-state index < -0.39 is 60.2 Å². The molecule has 3 amide bonds. The average molecular weight is 627 g/mol. The summed E-state index contributed by atoms with van der Waals surface area (Å²) in [4.78, 5) is 76.5. The standard InChI is InChI=1S/C28H38N10O7/c29-18(10-15-12-34-19-5-2-1-4-17(15)19)24(41)36-20(7-8-23(39)40)25(42)38-22(11-16-13-32-14-35-16)26(43)37-21(27(44)45)6-3-9-33-28(30)31/h1-2,4-5,12-14,18,20-22,34H,3,6-11,29H2,(H,32,35)(H,36,41)(H,37,43)(H,38,42)(H,39,40)(H,44,45)(H4,30,31,33). The van der Waals surface area contributed by atoms with Crippen LogP contribution in [0, 0.1) is 0 Å². The Hall–Kier alpha value is -5.45. The number of rotatable bonds is 18. The molecule has 0 aliphatic rings. The number of hydrogen-bond donors (Lipinski definition) is 10. The van der Waals surface area contributed by atoms with Gasteiger partial charge in [0.25, 0.3) is 0 Å². The number of para-hydroxylation sites is 1. The zero-order valence-electron chi connectivity index (χ0n) is 24.4. The number of carboxylic acid groups (broad SMARTS) is 2. The number of aromatic amines is 2. The van der Waals surface area contributed by atoms with Crippen molar-refractivity contribution in [2.75, 3.05) is 6.54 Å². The van der Waals surface area contributed by atoms with Crippen molar-refractivity contribution in [2.45, 2.75) is 62.7 Å². The summed E-state index contributed by atoms with van der Waals surface area (Å²) in [6.45, 7) is 0.143. The summed E-state index contributed by atoms with van der Waals surface area (Å²) in [5, 5.41) is 27.2. The Kier molecular flexibility index (Phi) is 12.4. The second kappa shape index (κ2) is 16.4. The molecule has 13 N–H and O–H groups in total. The molecular weight excluding hydrogens is 588 g/mol. The first-order chi connectivity index (χ1) is 21.4. The summed E-state index contributed by atoms with van der Waals surface area (Å²) in [5.74, 6) is -5.06. The van der Waals surface area contributed by atoms with Gasteiger partial charge in [-0.25, -0.2) is 9.78 Å². The summed E-state index contributed by atoms with van der Waals surface area (Å²) in [6, 6.07) is 2.37. The molecule has 45 heavy (non-hydrogen) atoms. The second-order valence-corrected chi connectivity index (χ2v) is 10.4. The third-order valence-corrected chi connectivity index (χ3v) is 6.90. The van der Waals surface area contributed by atoms with Crippen LogP contribution >= 0.6 is 0 Å². The van der Waals surface area contributed by atoms with Crippen molar-refractivity contribution < 1.29 is 34.2 Å². The highest BCUT2D eigenvalue weighted by Gasteiger charge is 2.31. The van der Waals surface area contributed by atoms with Crippen molar-refractivity contribution in [3.05, 3.63) is 54.2 Å². The number of benzene rings is 1. The predicted molar refractivity (Wildman–Crippen MR) is 162 cm³/mol. The summed E-state index contributed by atoms with van der Waals surface area (Å²) in [7, 11) is 0. The van der Waals surface area contributed by atoms with E-state index in [1.165, 1.54) is 12.5 Å². The molecule has 0 fully saturated rings. The average Bonchev–Trinajstić information content (AvgIpc) is 3.66. The topological polar surface area (TPSA) is 297 Å². The van der Waals surface area contributed by atoms with Crippen LogP contribution in [-0.2, 0) is 36.8 Å². The van der Waals surface area contributed by atoms with E-state index in [0.29, 0.717) is 5.69 Å². The number of nitrogens with zero attached hydrogens (tertiary/aromatic N) is 2. The van der Waals surface area contributed by atoms with Crippen LogP contribution in [0.4, 0.5) is 0 Å². The fraction of sp³-hybridized carbons (Fsp3) is 0.393. The number of fused-ring (bicyclic) bond motifs is 1. The van der Waals surface area contributed by atoms with Crippen LogP contribution in [0.1, 0.15) is 36.9 Å². The van der Waals surface area contributed by atoms with E-state index in [0.717, 1.165) is 16.5 Å². The van der Waals surface area contributed by atoms with Gasteiger partial charge in [-0.05, 0) is 37.3 Å². The number of amides is 3. The van der Waals surface area contributed by atoms with E-state index in [1.807, 2.05) is 24.3 Å². The van der Waals surface area contributed by atoms with Crippen molar-refractivity contribution in [2.24, 2.45) is 22.2 Å². The maximum Gasteiger partial charge on any atom is 0.326 e. The molecule has 3 aromatic rings. The van der Waals surface area contributed by atoms with Crippen LogP contribution in [0.3, 0.4) is 0 Å². The Morgan fingerprint density at radius 3 is 2.24 bits per heavy atom. The Balaban J connectivity index is 1.73. The predicted octanol–water partition coefficient (Wildman–Crippen LogP) is -1.54. The molecule has 0 radical (unpaired) electrons. The van der Waals surface area contributed by atoms with Gasteiger partial charge in [0.15, 0.2) is 5.96 Å². The Bertz CT molecular complexity index is 1500. The molecule has 2 heterocycles. The fourth-order valence-corrected chi connectivity index (χ4v) is 4.58. The molecule has 4 atom stereocenters. The van der Waals surface area contributed by atoms with Gasteiger partial charge < -0.3 is 53.3 Å². The molecule has 17 nitrogen and oxygen atoms in total. The van der Waals surface area contributed by atoms with Crippen molar-refractivity contribution in [1.82, 2.24) is 30.9 Å². The van der Waals surface area contributed by atoms with Gasteiger partial charge in [0, 0.05) is 48.4 Å². The molecule has 0 saturated carbocycles. The quantitative estimate of drug-likeness (QED) is 0.0438. The number of carbonyl (C=O) groups is 5. The molecule has 0 bridgehead atoms. The van der Waals surface area contributed by atoms with Crippen LogP contribution in [0.2, 0.25) is 0 Å². The zero-order chi connectivity index (χ0) is 32.9. The molecule has 4 unspecified atom stereocenters. The molecule has 2 aromatic heterocycles. The molecular formula is C28H38N10O7. The number of carboxylic acids is 2. The number of nitrogens with two attached hydrogens (primary N) is 3. The highest BCUT2D eigenvalue weighted by atomic mass is 16.4. The zero-order valence-corrected chi connectivity index (χ0v) is 24.4. The van der Waals surface area contributed by atoms with Crippen LogP contribution < -0.4 is 33.2 Å². The van der Waals surface area contributed by atoms with Gasteiger partial charge in [0.1, 0.15) is 18.1 Å². The molecule has 3 rings (SSSR count). The first kappa shape index (κ1) is 34.0. The minimum atomic E-state index is -1.37. The van der Waals surface area contributed by atoms with E-state index in [-0.39, 0.29) is 44.6 Å². The van der Waals surface area contributed by atoms with Crippen molar-refractivity contribution in [3.63, 3.8) is 0 Å². The van der Waals surface area contributed by atoms with Crippen LogP contribution in [0.25, 0.3) is 10.9 Å². The lowest BCUT2D eigenvalue weighted by Gasteiger charge is -2.25. The minimum Gasteiger partial charge on any atom is -0.481 e. The van der Waals surface area contributed by atoms with Crippen LogP contribution in [-0.4, -0.2) is 91.5 Å². The first-order valence-corrected chi connectivity index (χ1v) is 14.1. The molecule has 1 aromatic carbocycles. The highest BCUT2D eigenvalue weighted by molar-refractivity contribution is 5.94. The maximum absolute atomic E-state index is 13.4. The van der Waals surface area contributed by atoms with E-state index in [4.69, 9.17) is 17.2 Å². The normalized spacial score (nSPS) is 13.6. The van der Waals surface area contributed by atoms with Gasteiger partial charge in [-0.15, -0.1) is 0 Å². The summed E-state index contributed by atoms with van der Waals surface area (Å²) in [6.07, 6.45) is 4.01. The van der Waals surface area contributed by atoms with Crippen molar-refractivity contribution >= 4 is 46.5 Å². The third kappa shape index (κ3) is 10.6. The minimum absolute atomic E-state index is 0.00576. The number of nitrogens with one attached hydrogen (secondary N) is 5. The number of H-pyrrole nitrogens is 2. The number of carbonyl (C=O) groups excluding carboxylic acids is 3.